The largest absolute Gasteiger partial charge is 0.379 e. The second-order valence-corrected chi connectivity index (χ2v) is 7.32. The predicted molar refractivity (Wildman–Crippen MR) is 78.1 cm³/mol. The summed E-state index contributed by atoms with van der Waals surface area (Å²) in [6, 6.07) is 8.45. The molecule has 2 rings (SSSR count). The van der Waals surface area contributed by atoms with Crippen LogP contribution in [-0.4, -0.2) is 51.7 Å². The van der Waals surface area contributed by atoms with Crippen LogP contribution in [0.2, 0.25) is 0 Å². The smallest absolute Gasteiger partial charge is 0.240 e. The Morgan fingerprint density at radius 2 is 1.80 bits per heavy atom. The highest BCUT2D eigenvalue weighted by Gasteiger charge is 2.29. The molecule has 112 valence electrons. The zero-order valence-corrected chi connectivity index (χ0v) is 12.8. The highest BCUT2D eigenvalue weighted by Crippen LogP contribution is 2.16. The van der Waals surface area contributed by atoms with Gasteiger partial charge in [0.25, 0.3) is 0 Å². The molecule has 0 radical (unpaired) electrons. The third-order valence-corrected chi connectivity index (χ3v) is 5.03. The first-order valence-electron chi connectivity index (χ1n) is 6.79. The van der Waals surface area contributed by atoms with Gasteiger partial charge in [-0.2, -0.15) is 0 Å². The van der Waals surface area contributed by atoms with Gasteiger partial charge < -0.3 is 4.74 Å². The predicted octanol–water partition coefficient (Wildman–Crippen LogP) is 1.08. The average molecular weight is 298 g/mol. The molecule has 1 aromatic rings. The third kappa shape index (κ3) is 3.79. The van der Waals surface area contributed by atoms with E-state index in [4.69, 9.17) is 4.74 Å². The summed E-state index contributed by atoms with van der Waals surface area (Å²) in [5, 5.41) is 0. The van der Waals surface area contributed by atoms with Crippen molar-refractivity contribution in [1.29, 1.82) is 0 Å². The molecule has 0 aromatic heterocycles. The molecule has 0 amide bonds. The fourth-order valence-corrected chi connectivity index (χ4v) is 3.46. The lowest BCUT2D eigenvalue weighted by molar-refractivity contribution is -0.00803. The Morgan fingerprint density at radius 3 is 2.40 bits per heavy atom. The zero-order chi connectivity index (χ0) is 14.6. The van der Waals surface area contributed by atoms with Gasteiger partial charge in [-0.3, -0.25) is 4.90 Å². The fraction of sp³-hybridized carbons (Fsp3) is 0.571. The SMILES string of the molecule is CC(C)(CNS(=O)(=O)c1ccccc1)N1CCOCC1. The van der Waals surface area contributed by atoms with Crippen LogP contribution in [0.5, 0.6) is 0 Å². The van der Waals surface area contributed by atoms with Crippen LogP contribution in [0.4, 0.5) is 0 Å². The molecule has 20 heavy (non-hydrogen) atoms. The van der Waals surface area contributed by atoms with Crippen molar-refractivity contribution in [3.05, 3.63) is 30.3 Å². The van der Waals surface area contributed by atoms with Gasteiger partial charge in [0.05, 0.1) is 18.1 Å². The number of ether oxygens (including phenoxy) is 1. The van der Waals surface area contributed by atoms with Gasteiger partial charge in [0.2, 0.25) is 10.0 Å². The average Bonchev–Trinajstić information content (AvgIpc) is 2.47. The molecule has 1 aliphatic rings. The van der Waals surface area contributed by atoms with Crippen molar-refractivity contribution in [1.82, 2.24) is 9.62 Å². The highest BCUT2D eigenvalue weighted by atomic mass is 32.2. The summed E-state index contributed by atoms with van der Waals surface area (Å²) < 4.78 is 32.4. The molecule has 1 saturated heterocycles. The van der Waals surface area contributed by atoms with Gasteiger partial charge in [-0.05, 0) is 26.0 Å². The minimum absolute atomic E-state index is 0.231. The van der Waals surface area contributed by atoms with E-state index in [9.17, 15) is 8.42 Å². The van der Waals surface area contributed by atoms with Crippen molar-refractivity contribution in [3.8, 4) is 0 Å². The van der Waals surface area contributed by atoms with Crippen LogP contribution in [0.15, 0.2) is 35.2 Å². The number of hydrogen-bond donors (Lipinski definition) is 1. The minimum Gasteiger partial charge on any atom is -0.379 e. The number of nitrogens with one attached hydrogen (secondary N) is 1. The van der Waals surface area contributed by atoms with Crippen molar-refractivity contribution < 1.29 is 13.2 Å². The van der Waals surface area contributed by atoms with Crippen LogP contribution in [0, 0.1) is 0 Å². The Kier molecular flexibility index (Phi) is 4.80. The summed E-state index contributed by atoms with van der Waals surface area (Å²) in [6.07, 6.45) is 0. The summed E-state index contributed by atoms with van der Waals surface area (Å²) in [6.45, 7) is 7.55. The van der Waals surface area contributed by atoms with Crippen LogP contribution < -0.4 is 4.72 Å². The number of morpholine rings is 1. The summed E-state index contributed by atoms with van der Waals surface area (Å²) in [4.78, 5) is 2.56. The Hall–Kier alpha value is -0.950. The summed E-state index contributed by atoms with van der Waals surface area (Å²) in [7, 11) is -3.44. The molecule has 1 fully saturated rings. The Labute approximate surface area is 121 Å². The lowest BCUT2D eigenvalue weighted by Crippen LogP contribution is -2.55. The number of rotatable bonds is 5. The molecule has 6 heteroatoms. The number of sulfonamides is 1. The Morgan fingerprint density at radius 1 is 1.20 bits per heavy atom. The molecule has 0 unspecified atom stereocenters. The van der Waals surface area contributed by atoms with Crippen molar-refractivity contribution >= 4 is 10.0 Å². The van der Waals surface area contributed by atoms with Crippen LogP contribution in [0.25, 0.3) is 0 Å². The summed E-state index contributed by atoms with van der Waals surface area (Å²) in [5.41, 5.74) is -0.231. The normalized spacial score (nSPS) is 18.1. The van der Waals surface area contributed by atoms with E-state index in [2.05, 4.69) is 9.62 Å². The van der Waals surface area contributed by atoms with Crippen molar-refractivity contribution in [2.45, 2.75) is 24.3 Å². The maximum absolute atomic E-state index is 12.2. The number of benzene rings is 1. The molecule has 0 spiro atoms. The first-order valence-corrected chi connectivity index (χ1v) is 8.28. The first-order chi connectivity index (χ1) is 9.42. The molecule has 0 bridgehead atoms. The molecule has 5 nitrogen and oxygen atoms in total. The topological polar surface area (TPSA) is 58.6 Å². The molecular weight excluding hydrogens is 276 g/mol. The van der Waals surface area contributed by atoms with Crippen molar-refractivity contribution in [2.75, 3.05) is 32.8 Å². The summed E-state index contributed by atoms with van der Waals surface area (Å²) in [5.74, 6) is 0. The zero-order valence-electron chi connectivity index (χ0n) is 12.0. The molecule has 0 atom stereocenters. The van der Waals surface area contributed by atoms with Gasteiger partial charge in [-0.25, -0.2) is 13.1 Å². The van der Waals surface area contributed by atoms with E-state index in [1.807, 2.05) is 13.8 Å². The molecular formula is C14H22N2O3S. The third-order valence-electron chi connectivity index (χ3n) is 3.62. The van der Waals surface area contributed by atoms with Crippen LogP contribution >= 0.6 is 0 Å². The molecule has 0 saturated carbocycles. The minimum atomic E-state index is -3.44. The van der Waals surface area contributed by atoms with Gasteiger partial charge in [-0.15, -0.1) is 0 Å². The Bertz CT molecular complexity index is 523. The summed E-state index contributed by atoms with van der Waals surface area (Å²) >= 11 is 0. The van der Waals surface area contributed by atoms with Gasteiger partial charge in [0.1, 0.15) is 0 Å². The van der Waals surface area contributed by atoms with E-state index in [0.29, 0.717) is 24.7 Å². The van der Waals surface area contributed by atoms with E-state index in [-0.39, 0.29) is 5.54 Å². The van der Waals surface area contributed by atoms with Gasteiger partial charge >= 0.3 is 0 Å². The van der Waals surface area contributed by atoms with Gasteiger partial charge in [0, 0.05) is 25.2 Å². The molecule has 1 aliphatic heterocycles. The molecule has 1 aromatic carbocycles. The maximum Gasteiger partial charge on any atom is 0.240 e. The van der Waals surface area contributed by atoms with Gasteiger partial charge in [-0.1, -0.05) is 18.2 Å². The van der Waals surface area contributed by atoms with E-state index in [1.165, 1.54) is 0 Å². The van der Waals surface area contributed by atoms with E-state index >= 15 is 0 Å². The van der Waals surface area contributed by atoms with Crippen molar-refractivity contribution in [2.24, 2.45) is 0 Å². The van der Waals surface area contributed by atoms with Crippen LogP contribution in [0.3, 0.4) is 0 Å². The fourth-order valence-electron chi connectivity index (χ4n) is 2.24. The Balaban J connectivity index is 2.00. The second-order valence-electron chi connectivity index (χ2n) is 5.55. The van der Waals surface area contributed by atoms with Gasteiger partial charge in [0.15, 0.2) is 0 Å². The highest BCUT2D eigenvalue weighted by molar-refractivity contribution is 7.89. The lowest BCUT2D eigenvalue weighted by Gasteiger charge is -2.40. The van der Waals surface area contributed by atoms with Crippen LogP contribution in [-0.2, 0) is 14.8 Å². The maximum atomic E-state index is 12.2. The standard InChI is InChI=1S/C14H22N2O3S/c1-14(2,16-8-10-19-11-9-16)12-15-20(17,18)13-6-4-3-5-7-13/h3-7,15H,8-12H2,1-2H3. The quantitative estimate of drug-likeness (QED) is 0.883. The van der Waals surface area contributed by atoms with Crippen molar-refractivity contribution in [3.63, 3.8) is 0 Å². The second kappa shape index (κ2) is 6.22. The molecule has 0 aliphatic carbocycles. The molecule has 1 N–H and O–H groups in total. The molecule has 1 heterocycles. The van der Waals surface area contributed by atoms with Crippen LogP contribution in [0.1, 0.15) is 13.8 Å². The monoisotopic (exact) mass is 298 g/mol. The lowest BCUT2D eigenvalue weighted by atomic mass is 10.0. The van der Waals surface area contributed by atoms with E-state index in [0.717, 1.165) is 13.1 Å². The van der Waals surface area contributed by atoms with E-state index in [1.54, 1.807) is 30.3 Å². The first kappa shape index (κ1) is 15.4. The van der Waals surface area contributed by atoms with E-state index < -0.39 is 10.0 Å². The number of nitrogens with zero attached hydrogens (tertiary/aromatic N) is 1. The number of hydrogen-bond acceptors (Lipinski definition) is 4.